The van der Waals surface area contributed by atoms with Crippen LogP contribution >= 0.6 is 0 Å². The van der Waals surface area contributed by atoms with E-state index in [4.69, 9.17) is 20.7 Å². The third-order valence-corrected chi connectivity index (χ3v) is 3.77. The highest BCUT2D eigenvalue weighted by Gasteiger charge is 2.44. The summed E-state index contributed by atoms with van der Waals surface area (Å²) in [7, 11) is 0. The molecule has 5 atom stereocenters. The number of carbonyl (C=O) groups is 1. The van der Waals surface area contributed by atoms with Crippen LogP contribution in [0.2, 0.25) is 0 Å². The molecular formula is C12H14FN5O6. The summed E-state index contributed by atoms with van der Waals surface area (Å²) in [5.41, 5.74) is 4.89. The van der Waals surface area contributed by atoms with Crippen molar-refractivity contribution in [1.29, 1.82) is 0 Å². The molecule has 0 amide bonds. The number of aliphatic hydroxyl groups excluding tert-OH is 3. The van der Waals surface area contributed by atoms with Crippen molar-refractivity contribution in [2.45, 2.75) is 30.6 Å². The lowest BCUT2D eigenvalue weighted by molar-refractivity contribution is -0.138. The number of nitrogens with zero attached hydrogens (tertiary/aromatic N) is 4. The monoisotopic (exact) mass is 343 g/mol. The summed E-state index contributed by atoms with van der Waals surface area (Å²) < 4.78 is 20.1. The maximum Gasteiger partial charge on any atom is 0.326 e. The van der Waals surface area contributed by atoms with Crippen LogP contribution in [-0.2, 0) is 9.53 Å². The lowest BCUT2D eigenvalue weighted by Crippen LogP contribution is -2.33. The summed E-state index contributed by atoms with van der Waals surface area (Å²) in [5.74, 6) is -1.43. The van der Waals surface area contributed by atoms with Crippen LogP contribution in [0.1, 0.15) is 18.0 Å². The number of carboxylic acid groups (broad SMARTS) is 1. The lowest BCUT2D eigenvalue weighted by atomic mass is 10.1. The molecule has 1 unspecified atom stereocenters. The number of imidazole rings is 1. The van der Waals surface area contributed by atoms with Crippen LogP contribution in [0.25, 0.3) is 11.2 Å². The van der Waals surface area contributed by atoms with E-state index in [1.807, 2.05) is 0 Å². The Balaban J connectivity index is 2.10. The predicted molar refractivity (Wildman–Crippen MR) is 72.9 cm³/mol. The number of fused-ring (bicyclic) bond motifs is 1. The number of aliphatic carboxylic acids is 1. The Morgan fingerprint density at radius 2 is 2.12 bits per heavy atom. The molecule has 1 aliphatic heterocycles. The summed E-state index contributed by atoms with van der Waals surface area (Å²) in [5, 5.41) is 37.9. The van der Waals surface area contributed by atoms with Gasteiger partial charge >= 0.3 is 12.0 Å². The highest BCUT2D eigenvalue weighted by atomic mass is 19.1. The zero-order valence-corrected chi connectivity index (χ0v) is 12.0. The first kappa shape index (κ1) is 16.6. The van der Waals surface area contributed by atoms with Gasteiger partial charge in [-0.15, -0.1) is 0 Å². The smallest absolute Gasteiger partial charge is 0.326 e. The van der Waals surface area contributed by atoms with E-state index in [2.05, 4.69) is 15.0 Å². The molecule has 3 rings (SSSR count). The number of hydrogen-bond acceptors (Lipinski definition) is 9. The van der Waals surface area contributed by atoms with Crippen LogP contribution in [-0.4, -0.2) is 70.8 Å². The van der Waals surface area contributed by atoms with Gasteiger partial charge in [-0.1, -0.05) is 0 Å². The molecule has 0 spiro atoms. The summed E-state index contributed by atoms with van der Waals surface area (Å²) in [6.45, 7) is -0.542. The second kappa shape index (κ2) is 5.99. The summed E-state index contributed by atoms with van der Waals surface area (Å²) in [4.78, 5) is 21.8. The molecule has 0 aliphatic carbocycles. The van der Waals surface area contributed by atoms with Crippen molar-refractivity contribution in [3.8, 4) is 0 Å². The quantitative estimate of drug-likeness (QED) is 0.378. The van der Waals surface area contributed by atoms with Gasteiger partial charge in [-0.05, 0) is 0 Å². The lowest BCUT2D eigenvalue weighted by Gasteiger charge is -2.16. The van der Waals surface area contributed by atoms with Crippen LogP contribution in [0.15, 0.2) is 6.33 Å². The minimum absolute atomic E-state index is 0.0796. The fraction of sp³-hybridized carbons (Fsp3) is 0.500. The largest absolute Gasteiger partial charge is 0.480 e. The Bertz CT molecular complexity index is 785. The van der Waals surface area contributed by atoms with Gasteiger partial charge in [-0.25, -0.2) is 9.97 Å². The molecule has 1 saturated heterocycles. The number of aromatic nitrogens is 4. The fourth-order valence-corrected chi connectivity index (χ4v) is 2.54. The van der Waals surface area contributed by atoms with Crippen LogP contribution in [0.4, 0.5) is 4.39 Å². The topological polar surface area (TPSA) is 177 Å². The number of carboxylic acids is 1. The molecule has 1 fully saturated rings. The van der Waals surface area contributed by atoms with E-state index >= 15 is 0 Å². The van der Waals surface area contributed by atoms with E-state index in [1.165, 1.54) is 0 Å². The van der Waals surface area contributed by atoms with Gasteiger partial charge in [0, 0.05) is 0 Å². The highest BCUT2D eigenvalue weighted by molar-refractivity contribution is 5.82. The molecule has 130 valence electrons. The molecule has 0 bridgehead atoms. The van der Waals surface area contributed by atoms with Crippen molar-refractivity contribution in [3.63, 3.8) is 0 Å². The second-order valence-electron chi connectivity index (χ2n) is 5.25. The van der Waals surface area contributed by atoms with Crippen LogP contribution in [0.3, 0.4) is 0 Å². The molecule has 3 heterocycles. The van der Waals surface area contributed by atoms with E-state index in [9.17, 15) is 19.4 Å². The third kappa shape index (κ3) is 2.50. The summed E-state index contributed by atoms with van der Waals surface area (Å²) >= 11 is 0. The molecule has 6 N–H and O–H groups in total. The van der Waals surface area contributed by atoms with E-state index in [0.29, 0.717) is 0 Å². The Hall–Kier alpha value is -2.25. The average molecular weight is 343 g/mol. The minimum Gasteiger partial charge on any atom is -0.480 e. The number of rotatable bonds is 4. The Morgan fingerprint density at radius 3 is 2.71 bits per heavy atom. The van der Waals surface area contributed by atoms with Crippen molar-refractivity contribution in [3.05, 3.63) is 18.1 Å². The van der Waals surface area contributed by atoms with Crippen molar-refractivity contribution in [2.24, 2.45) is 5.73 Å². The standard InChI is InChI=1S/C12H14FN5O6/c13-12-16-5(4(14)11(22)23)6-9(17-12)18(2-15-6)10-8(21)7(20)3(1-19)24-10/h2-4,7-8,10,19-21H,1,14H2,(H,22,23)/t3-,4?,7-,8+,10-/m1/s1. The van der Waals surface area contributed by atoms with Gasteiger partial charge in [0.2, 0.25) is 0 Å². The molecule has 0 radical (unpaired) electrons. The number of halogens is 1. The fourth-order valence-electron chi connectivity index (χ4n) is 2.54. The van der Waals surface area contributed by atoms with Gasteiger partial charge in [0.15, 0.2) is 11.9 Å². The molecule has 1 aliphatic rings. The molecule has 0 aromatic carbocycles. The first-order chi connectivity index (χ1) is 11.3. The molecule has 2 aromatic rings. The first-order valence-corrected chi connectivity index (χ1v) is 6.86. The molecular weight excluding hydrogens is 329 g/mol. The third-order valence-electron chi connectivity index (χ3n) is 3.77. The Kier molecular flexibility index (Phi) is 4.15. The molecule has 2 aromatic heterocycles. The molecule has 11 nitrogen and oxygen atoms in total. The zero-order chi connectivity index (χ0) is 17.6. The predicted octanol–water partition coefficient (Wildman–Crippen LogP) is -2.34. The number of ether oxygens (including phenoxy) is 1. The average Bonchev–Trinajstić information content (AvgIpc) is 3.08. The van der Waals surface area contributed by atoms with Gasteiger partial charge < -0.3 is 30.9 Å². The van der Waals surface area contributed by atoms with Gasteiger partial charge in [-0.3, -0.25) is 9.36 Å². The number of nitrogens with two attached hydrogens (primary N) is 1. The van der Waals surface area contributed by atoms with Crippen LogP contribution in [0, 0.1) is 6.08 Å². The van der Waals surface area contributed by atoms with Gasteiger partial charge in [0.1, 0.15) is 35.6 Å². The zero-order valence-electron chi connectivity index (χ0n) is 12.0. The van der Waals surface area contributed by atoms with Gasteiger partial charge in [0.05, 0.1) is 12.9 Å². The second-order valence-corrected chi connectivity index (χ2v) is 5.25. The van der Waals surface area contributed by atoms with Crippen molar-refractivity contribution >= 4 is 17.1 Å². The normalized spacial score (nSPS) is 28.4. The molecule has 12 heteroatoms. The molecule has 24 heavy (non-hydrogen) atoms. The van der Waals surface area contributed by atoms with Crippen LogP contribution in [0.5, 0.6) is 0 Å². The van der Waals surface area contributed by atoms with E-state index in [0.717, 1.165) is 10.9 Å². The van der Waals surface area contributed by atoms with E-state index < -0.39 is 49.2 Å². The van der Waals surface area contributed by atoms with Gasteiger partial charge in [0.25, 0.3) is 0 Å². The minimum atomic E-state index is -1.63. The number of aliphatic hydroxyl groups is 3. The van der Waals surface area contributed by atoms with Gasteiger partial charge in [-0.2, -0.15) is 9.37 Å². The Morgan fingerprint density at radius 1 is 1.42 bits per heavy atom. The van der Waals surface area contributed by atoms with Crippen molar-refractivity contribution in [2.75, 3.05) is 6.61 Å². The Labute approximate surface area is 133 Å². The summed E-state index contributed by atoms with van der Waals surface area (Å²) in [6, 6.07) is -1.63. The van der Waals surface area contributed by atoms with E-state index in [1.54, 1.807) is 0 Å². The maximum atomic E-state index is 13.7. The number of hydrogen-bond donors (Lipinski definition) is 5. The SMILES string of the molecule is NC(C(=O)O)c1nc(F)nc2c1ncn2[C@@H]1O[C@H](CO)[C@@H](O)[C@@H]1O. The highest BCUT2D eigenvalue weighted by Crippen LogP contribution is 2.32. The molecule has 0 saturated carbocycles. The van der Waals surface area contributed by atoms with Crippen molar-refractivity contribution < 1.29 is 34.3 Å². The van der Waals surface area contributed by atoms with Crippen LogP contribution < -0.4 is 5.73 Å². The summed E-state index contributed by atoms with van der Waals surface area (Å²) in [6.07, 6.45) is -5.17. The first-order valence-electron chi connectivity index (χ1n) is 6.86. The van der Waals surface area contributed by atoms with Crippen molar-refractivity contribution in [1.82, 2.24) is 19.5 Å². The maximum absolute atomic E-state index is 13.7. The van der Waals surface area contributed by atoms with E-state index in [-0.39, 0.29) is 16.9 Å².